The van der Waals surface area contributed by atoms with Crippen LogP contribution in [0.2, 0.25) is 0 Å². The second kappa shape index (κ2) is 6.39. The first-order valence-corrected chi connectivity index (χ1v) is 6.07. The van der Waals surface area contributed by atoms with Crippen molar-refractivity contribution in [2.75, 3.05) is 6.54 Å². The highest BCUT2D eigenvalue weighted by atomic mass is 16.3. The monoisotopic (exact) mass is 239 g/mol. The molecule has 1 unspecified atom stereocenters. The minimum absolute atomic E-state index is 0.185. The van der Waals surface area contributed by atoms with Crippen molar-refractivity contribution in [1.82, 2.24) is 15.1 Å². The van der Waals surface area contributed by atoms with Gasteiger partial charge in [0.25, 0.3) is 5.91 Å². The van der Waals surface area contributed by atoms with Gasteiger partial charge in [0.05, 0.1) is 11.8 Å². The standard InChI is InChI=1S/C12H21N3O2/c1-4-6-10(16)8-13-12(17)11-7-9(5-2)14-15(11)3/h7,10,16H,4-6,8H2,1-3H3,(H,13,17). The predicted octanol–water partition coefficient (Wildman–Crippen LogP) is 0.873. The zero-order valence-electron chi connectivity index (χ0n) is 10.7. The van der Waals surface area contributed by atoms with Crippen LogP contribution in [0.25, 0.3) is 0 Å². The number of hydrogen-bond donors (Lipinski definition) is 2. The highest BCUT2D eigenvalue weighted by Gasteiger charge is 2.13. The number of nitrogens with one attached hydrogen (secondary N) is 1. The highest BCUT2D eigenvalue weighted by Crippen LogP contribution is 2.04. The van der Waals surface area contributed by atoms with E-state index in [1.807, 2.05) is 13.8 Å². The molecule has 0 bridgehead atoms. The molecule has 5 heteroatoms. The van der Waals surface area contributed by atoms with Crippen LogP contribution in [0.3, 0.4) is 0 Å². The number of carbonyl (C=O) groups excluding carboxylic acids is 1. The lowest BCUT2D eigenvalue weighted by Gasteiger charge is -2.10. The number of aromatic nitrogens is 2. The van der Waals surface area contributed by atoms with E-state index in [4.69, 9.17) is 0 Å². The third-order valence-electron chi connectivity index (χ3n) is 2.65. The Morgan fingerprint density at radius 2 is 2.29 bits per heavy atom. The molecule has 0 radical (unpaired) electrons. The Balaban J connectivity index is 2.54. The Kier molecular flexibility index (Phi) is 5.15. The molecule has 1 aromatic rings. The normalized spacial score (nSPS) is 12.5. The Hall–Kier alpha value is -1.36. The number of rotatable bonds is 6. The number of carbonyl (C=O) groups is 1. The summed E-state index contributed by atoms with van der Waals surface area (Å²) < 4.78 is 1.57. The van der Waals surface area contributed by atoms with Gasteiger partial charge in [0, 0.05) is 13.6 Å². The van der Waals surface area contributed by atoms with Crippen LogP contribution in [0.4, 0.5) is 0 Å². The molecular weight excluding hydrogens is 218 g/mol. The average molecular weight is 239 g/mol. The molecule has 2 N–H and O–H groups in total. The van der Waals surface area contributed by atoms with Gasteiger partial charge in [-0.05, 0) is 18.9 Å². The summed E-state index contributed by atoms with van der Waals surface area (Å²) in [6.45, 7) is 4.29. The van der Waals surface area contributed by atoms with Crippen LogP contribution in [-0.4, -0.2) is 33.4 Å². The smallest absolute Gasteiger partial charge is 0.269 e. The zero-order chi connectivity index (χ0) is 12.8. The van der Waals surface area contributed by atoms with Gasteiger partial charge in [0.15, 0.2) is 0 Å². The van der Waals surface area contributed by atoms with Gasteiger partial charge in [-0.2, -0.15) is 5.10 Å². The number of aliphatic hydroxyl groups excluding tert-OH is 1. The van der Waals surface area contributed by atoms with Crippen LogP contribution < -0.4 is 5.32 Å². The molecule has 0 fully saturated rings. The van der Waals surface area contributed by atoms with E-state index in [0.717, 1.165) is 18.5 Å². The summed E-state index contributed by atoms with van der Waals surface area (Å²) in [5.41, 5.74) is 1.43. The predicted molar refractivity (Wildman–Crippen MR) is 65.8 cm³/mol. The van der Waals surface area contributed by atoms with Gasteiger partial charge in [-0.1, -0.05) is 20.3 Å². The first-order valence-electron chi connectivity index (χ1n) is 6.07. The minimum Gasteiger partial charge on any atom is -0.391 e. The Morgan fingerprint density at radius 1 is 1.59 bits per heavy atom. The van der Waals surface area contributed by atoms with Crippen LogP contribution in [0, 0.1) is 0 Å². The summed E-state index contributed by atoms with van der Waals surface area (Å²) in [6.07, 6.45) is 1.94. The maximum Gasteiger partial charge on any atom is 0.269 e. The van der Waals surface area contributed by atoms with Gasteiger partial charge in [-0.3, -0.25) is 9.48 Å². The van der Waals surface area contributed by atoms with E-state index < -0.39 is 6.10 Å². The van der Waals surface area contributed by atoms with E-state index in [2.05, 4.69) is 10.4 Å². The first kappa shape index (κ1) is 13.7. The summed E-state index contributed by atoms with van der Waals surface area (Å²) >= 11 is 0. The lowest BCUT2D eigenvalue weighted by molar-refractivity contribution is 0.0901. The van der Waals surface area contributed by atoms with Crippen molar-refractivity contribution in [1.29, 1.82) is 0 Å². The van der Waals surface area contributed by atoms with Crippen molar-refractivity contribution < 1.29 is 9.90 Å². The summed E-state index contributed by atoms with van der Waals surface area (Å²) in [5, 5.41) is 16.4. The number of amides is 1. The van der Waals surface area contributed by atoms with Gasteiger partial charge in [-0.25, -0.2) is 0 Å². The fourth-order valence-corrected chi connectivity index (χ4v) is 1.65. The van der Waals surface area contributed by atoms with Crippen molar-refractivity contribution in [3.8, 4) is 0 Å². The fourth-order valence-electron chi connectivity index (χ4n) is 1.65. The molecule has 96 valence electrons. The van der Waals surface area contributed by atoms with Crippen LogP contribution in [0.5, 0.6) is 0 Å². The van der Waals surface area contributed by atoms with Gasteiger partial charge < -0.3 is 10.4 Å². The molecule has 0 saturated carbocycles. The van der Waals surface area contributed by atoms with E-state index in [0.29, 0.717) is 18.7 Å². The average Bonchev–Trinajstić information content (AvgIpc) is 2.68. The molecule has 1 aromatic heterocycles. The minimum atomic E-state index is -0.470. The highest BCUT2D eigenvalue weighted by molar-refractivity contribution is 5.92. The molecule has 0 aliphatic heterocycles. The summed E-state index contributed by atoms with van der Waals surface area (Å²) in [7, 11) is 1.75. The Bertz CT molecular complexity index is 374. The molecule has 1 atom stereocenters. The van der Waals surface area contributed by atoms with Crippen molar-refractivity contribution in [2.45, 2.75) is 39.2 Å². The quantitative estimate of drug-likeness (QED) is 0.774. The van der Waals surface area contributed by atoms with Gasteiger partial charge in [0.1, 0.15) is 5.69 Å². The molecule has 0 saturated heterocycles. The largest absolute Gasteiger partial charge is 0.391 e. The molecule has 17 heavy (non-hydrogen) atoms. The van der Waals surface area contributed by atoms with Crippen LogP contribution in [0.15, 0.2) is 6.07 Å². The van der Waals surface area contributed by atoms with Crippen molar-refractivity contribution in [3.05, 3.63) is 17.5 Å². The molecule has 0 aliphatic carbocycles. The lowest BCUT2D eigenvalue weighted by Crippen LogP contribution is -2.33. The number of aryl methyl sites for hydroxylation is 2. The van der Waals surface area contributed by atoms with Crippen molar-refractivity contribution in [2.24, 2.45) is 7.05 Å². The van der Waals surface area contributed by atoms with Crippen LogP contribution in [-0.2, 0) is 13.5 Å². The van der Waals surface area contributed by atoms with Crippen molar-refractivity contribution in [3.63, 3.8) is 0 Å². The molecular formula is C12H21N3O2. The summed E-state index contributed by atoms with van der Waals surface area (Å²) in [4.78, 5) is 11.8. The number of aliphatic hydroxyl groups is 1. The topological polar surface area (TPSA) is 67.2 Å². The molecule has 1 rings (SSSR count). The van der Waals surface area contributed by atoms with E-state index in [9.17, 15) is 9.90 Å². The SMILES string of the molecule is CCCC(O)CNC(=O)c1cc(CC)nn1C. The molecule has 1 heterocycles. The zero-order valence-corrected chi connectivity index (χ0v) is 10.7. The maximum atomic E-state index is 11.8. The van der Waals surface area contributed by atoms with Gasteiger partial charge >= 0.3 is 0 Å². The molecule has 0 aromatic carbocycles. The molecule has 0 spiro atoms. The third kappa shape index (κ3) is 3.85. The molecule has 5 nitrogen and oxygen atoms in total. The Labute approximate surface area is 102 Å². The molecule has 1 amide bonds. The number of nitrogens with zero attached hydrogens (tertiary/aromatic N) is 2. The van der Waals surface area contributed by atoms with E-state index >= 15 is 0 Å². The van der Waals surface area contributed by atoms with Crippen LogP contribution in [0.1, 0.15) is 42.9 Å². The fraction of sp³-hybridized carbons (Fsp3) is 0.667. The molecule has 0 aliphatic rings. The van der Waals surface area contributed by atoms with E-state index in [-0.39, 0.29) is 5.91 Å². The summed E-state index contributed by atoms with van der Waals surface area (Å²) in [6, 6.07) is 1.78. The van der Waals surface area contributed by atoms with Crippen LogP contribution >= 0.6 is 0 Å². The second-order valence-electron chi connectivity index (χ2n) is 4.15. The maximum absolute atomic E-state index is 11.8. The summed E-state index contributed by atoms with van der Waals surface area (Å²) in [5.74, 6) is -0.185. The van der Waals surface area contributed by atoms with Gasteiger partial charge in [-0.15, -0.1) is 0 Å². The third-order valence-corrected chi connectivity index (χ3v) is 2.65. The van der Waals surface area contributed by atoms with E-state index in [1.165, 1.54) is 0 Å². The lowest BCUT2D eigenvalue weighted by atomic mass is 10.2. The van der Waals surface area contributed by atoms with E-state index in [1.54, 1.807) is 17.8 Å². The number of hydrogen-bond acceptors (Lipinski definition) is 3. The Morgan fingerprint density at radius 3 is 2.82 bits per heavy atom. The first-order chi connectivity index (χ1) is 8.08. The van der Waals surface area contributed by atoms with Crippen molar-refractivity contribution >= 4 is 5.91 Å². The second-order valence-corrected chi connectivity index (χ2v) is 4.15. The van der Waals surface area contributed by atoms with Gasteiger partial charge in [0.2, 0.25) is 0 Å².